The summed E-state index contributed by atoms with van der Waals surface area (Å²) in [6.07, 6.45) is 0. The van der Waals surface area contributed by atoms with Crippen LogP contribution < -0.4 is 0 Å². The lowest BCUT2D eigenvalue weighted by molar-refractivity contribution is 0.526. The minimum Gasteiger partial charge on any atom is -0.772 e. The van der Waals surface area contributed by atoms with Crippen molar-refractivity contribution < 1.29 is 8.76 Å². The van der Waals surface area contributed by atoms with E-state index in [0.29, 0.717) is 0 Å². The molecule has 0 radical (unpaired) electrons. The van der Waals surface area contributed by atoms with Crippen LogP contribution in [-0.2, 0) is 11.1 Å². The maximum absolute atomic E-state index is 9.81. The van der Waals surface area contributed by atoms with E-state index in [4.69, 9.17) is 0 Å². The van der Waals surface area contributed by atoms with Crippen LogP contribution in [0.5, 0.6) is 0 Å². The standard InChI is InChI=1S/C4H10O2S/c1-4(2)3-7(5)6/h4H,3H2,1-2H3,(H,5,6)/p-1. The molecule has 0 N–H and O–H groups in total. The third-order valence-corrected chi connectivity index (χ3v) is 1.41. The van der Waals surface area contributed by atoms with Gasteiger partial charge in [0, 0.05) is 5.75 Å². The van der Waals surface area contributed by atoms with Gasteiger partial charge in [-0.3, -0.25) is 4.21 Å². The SMILES string of the molecule is CC(C)CS(=O)[O-]. The first-order valence-corrected chi connectivity index (χ1v) is 3.43. The highest BCUT2D eigenvalue weighted by atomic mass is 32.2. The Morgan fingerprint density at radius 3 is 2.14 bits per heavy atom. The van der Waals surface area contributed by atoms with Crippen molar-refractivity contribution in [3.8, 4) is 0 Å². The molecular formula is C4H9O2S-. The Kier molecular flexibility index (Phi) is 3.21. The predicted octanol–water partition coefficient (Wildman–Crippen LogP) is 0.522. The maximum Gasteiger partial charge on any atom is 0.0125 e. The van der Waals surface area contributed by atoms with Crippen molar-refractivity contribution in [1.82, 2.24) is 0 Å². The zero-order valence-electron chi connectivity index (χ0n) is 4.51. The molecule has 0 spiro atoms. The fourth-order valence-corrected chi connectivity index (χ4v) is 0.816. The largest absolute Gasteiger partial charge is 0.772 e. The van der Waals surface area contributed by atoms with Crippen molar-refractivity contribution in [1.29, 1.82) is 0 Å². The molecule has 0 fully saturated rings. The summed E-state index contributed by atoms with van der Waals surface area (Å²) in [5.74, 6) is 0.540. The average Bonchev–Trinajstić information content (AvgIpc) is 1.27. The lowest BCUT2D eigenvalue weighted by atomic mass is 10.3. The molecule has 0 rings (SSSR count). The zero-order valence-corrected chi connectivity index (χ0v) is 5.33. The van der Waals surface area contributed by atoms with Crippen molar-refractivity contribution in [2.24, 2.45) is 5.92 Å². The lowest BCUT2D eigenvalue weighted by Crippen LogP contribution is -2.01. The number of rotatable bonds is 2. The second-order valence-corrected chi connectivity index (χ2v) is 2.81. The highest BCUT2D eigenvalue weighted by Gasteiger charge is 1.89. The molecule has 0 aromatic rings. The third kappa shape index (κ3) is 6.11. The number of hydrogen-bond donors (Lipinski definition) is 0. The van der Waals surface area contributed by atoms with Crippen molar-refractivity contribution in [2.45, 2.75) is 13.8 Å². The molecule has 0 saturated heterocycles. The zero-order chi connectivity index (χ0) is 5.86. The molecule has 7 heavy (non-hydrogen) atoms. The Bertz CT molecular complexity index is 70.1. The van der Waals surface area contributed by atoms with E-state index in [1.54, 1.807) is 0 Å². The van der Waals surface area contributed by atoms with E-state index >= 15 is 0 Å². The van der Waals surface area contributed by atoms with E-state index in [-0.39, 0.29) is 11.7 Å². The van der Waals surface area contributed by atoms with E-state index < -0.39 is 11.1 Å². The van der Waals surface area contributed by atoms with E-state index in [1.165, 1.54) is 0 Å². The van der Waals surface area contributed by atoms with E-state index in [0.717, 1.165) is 0 Å². The Morgan fingerprint density at radius 1 is 1.71 bits per heavy atom. The van der Waals surface area contributed by atoms with Crippen LogP contribution in [0, 0.1) is 5.92 Å². The highest BCUT2D eigenvalue weighted by Crippen LogP contribution is 1.91. The molecule has 44 valence electrons. The first-order chi connectivity index (χ1) is 3.13. The molecule has 0 saturated carbocycles. The molecule has 1 atom stereocenters. The summed E-state index contributed by atoms with van der Waals surface area (Å²) >= 11 is -1.85. The van der Waals surface area contributed by atoms with Crippen LogP contribution in [0.4, 0.5) is 0 Å². The van der Waals surface area contributed by atoms with E-state index in [2.05, 4.69) is 0 Å². The molecule has 1 unspecified atom stereocenters. The smallest absolute Gasteiger partial charge is 0.0125 e. The van der Waals surface area contributed by atoms with Crippen LogP contribution in [0.25, 0.3) is 0 Å². The Hall–Kier alpha value is 0.110. The van der Waals surface area contributed by atoms with Gasteiger partial charge in [-0.1, -0.05) is 24.9 Å². The normalized spacial score (nSPS) is 14.9. The van der Waals surface area contributed by atoms with Gasteiger partial charge in [0.05, 0.1) is 0 Å². The van der Waals surface area contributed by atoms with Gasteiger partial charge in [0.1, 0.15) is 0 Å². The summed E-state index contributed by atoms with van der Waals surface area (Å²) in [5, 5.41) is 0. The van der Waals surface area contributed by atoms with Gasteiger partial charge in [0.25, 0.3) is 0 Å². The Morgan fingerprint density at radius 2 is 2.14 bits per heavy atom. The minimum absolute atomic E-state index is 0.262. The van der Waals surface area contributed by atoms with Gasteiger partial charge in [-0.15, -0.1) is 0 Å². The average molecular weight is 121 g/mol. The third-order valence-electron chi connectivity index (χ3n) is 0.469. The molecule has 0 aliphatic rings. The van der Waals surface area contributed by atoms with Gasteiger partial charge in [-0.2, -0.15) is 0 Å². The Balaban J connectivity index is 3.13. The molecule has 0 bridgehead atoms. The quantitative estimate of drug-likeness (QED) is 0.500. The number of hydrogen-bond acceptors (Lipinski definition) is 2. The lowest BCUT2D eigenvalue weighted by Gasteiger charge is -2.05. The van der Waals surface area contributed by atoms with Crippen LogP contribution in [0.15, 0.2) is 0 Å². The van der Waals surface area contributed by atoms with Crippen LogP contribution in [0.1, 0.15) is 13.8 Å². The predicted molar refractivity (Wildman–Crippen MR) is 28.6 cm³/mol. The van der Waals surface area contributed by atoms with Crippen LogP contribution in [0.2, 0.25) is 0 Å². The van der Waals surface area contributed by atoms with Gasteiger partial charge in [0.15, 0.2) is 0 Å². The van der Waals surface area contributed by atoms with Crippen LogP contribution >= 0.6 is 0 Å². The first-order valence-electron chi connectivity index (χ1n) is 2.18. The molecule has 0 amide bonds. The second-order valence-electron chi connectivity index (χ2n) is 1.86. The highest BCUT2D eigenvalue weighted by molar-refractivity contribution is 7.79. The van der Waals surface area contributed by atoms with Gasteiger partial charge < -0.3 is 4.55 Å². The van der Waals surface area contributed by atoms with Gasteiger partial charge >= 0.3 is 0 Å². The molecule has 2 nitrogen and oxygen atoms in total. The van der Waals surface area contributed by atoms with Gasteiger partial charge in [0.2, 0.25) is 0 Å². The maximum atomic E-state index is 9.81. The summed E-state index contributed by atoms with van der Waals surface area (Å²) in [4.78, 5) is 0. The summed E-state index contributed by atoms with van der Waals surface area (Å²) in [5.41, 5.74) is 0. The second kappa shape index (κ2) is 3.16. The fourth-order valence-electron chi connectivity index (χ4n) is 0.272. The van der Waals surface area contributed by atoms with Crippen molar-refractivity contribution in [2.75, 3.05) is 5.75 Å². The van der Waals surface area contributed by atoms with Crippen LogP contribution in [0.3, 0.4) is 0 Å². The molecular weight excluding hydrogens is 112 g/mol. The minimum atomic E-state index is -1.85. The first kappa shape index (κ1) is 7.11. The molecule has 0 heterocycles. The molecule has 3 heteroatoms. The molecule has 0 aliphatic heterocycles. The Labute approximate surface area is 46.2 Å². The summed E-state index contributed by atoms with van der Waals surface area (Å²) in [6.45, 7) is 3.74. The van der Waals surface area contributed by atoms with Crippen molar-refractivity contribution >= 4 is 11.1 Å². The van der Waals surface area contributed by atoms with Gasteiger partial charge in [-0.05, 0) is 5.92 Å². The summed E-state index contributed by atoms with van der Waals surface area (Å²) < 4.78 is 19.6. The monoisotopic (exact) mass is 121 g/mol. The van der Waals surface area contributed by atoms with Crippen LogP contribution in [-0.4, -0.2) is 14.5 Å². The summed E-state index contributed by atoms with van der Waals surface area (Å²) in [7, 11) is 0. The van der Waals surface area contributed by atoms with Crippen molar-refractivity contribution in [3.05, 3.63) is 0 Å². The fraction of sp³-hybridized carbons (Fsp3) is 1.00. The van der Waals surface area contributed by atoms with Gasteiger partial charge in [-0.25, -0.2) is 0 Å². The molecule has 0 aliphatic carbocycles. The molecule has 0 aromatic carbocycles. The topological polar surface area (TPSA) is 40.1 Å². The molecule has 0 aromatic heterocycles. The van der Waals surface area contributed by atoms with E-state index in [1.807, 2.05) is 13.8 Å². The van der Waals surface area contributed by atoms with E-state index in [9.17, 15) is 8.76 Å². The summed E-state index contributed by atoms with van der Waals surface area (Å²) in [6, 6.07) is 0. The van der Waals surface area contributed by atoms with Crippen molar-refractivity contribution in [3.63, 3.8) is 0 Å².